The second-order valence-corrected chi connectivity index (χ2v) is 3.81. The van der Waals surface area contributed by atoms with Crippen LogP contribution in [0.4, 0.5) is 5.69 Å². The van der Waals surface area contributed by atoms with Crippen LogP contribution >= 0.6 is 0 Å². The van der Waals surface area contributed by atoms with Crippen molar-refractivity contribution < 1.29 is 0 Å². The van der Waals surface area contributed by atoms with E-state index in [9.17, 15) is 0 Å². The third kappa shape index (κ3) is 1.46. The summed E-state index contributed by atoms with van der Waals surface area (Å²) >= 11 is 0. The van der Waals surface area contributed by atoms with Gasteiger partial charge in [-0.05, 0) is 11.6 Å². The number of rotatable bonds is 2. The maximum atomic E-state index is 8.56. The van der Waals surface area contributed by atoms with Gasteiger partial charge < -0.3 is 4.90 Å². The monoisotopic (exact) mass is 186 g/mol. The Labute approximate surface area is 84.8 Å². The molecule has 0 aromatic heterocycles. The van der Waals surface area contributed by atoms with Gasteiger partial charge >= 0.3 is 0 Å². The number of hydrogen-bond acceptors (Lipinski definition) is 2. The zero-order chi connectivity index (χ0) is 9.97. The minimum atomic E-state index is 0.602. The Bertz CT molecular complexity index is 365. The van der Waals surface area contributed by atoms with Crippen LogP contribution in [0.1, 0.15) is 24.8 Å². The highest BCUT2D eigenvalue weighted by Crippen LogP contribution is 2.35. The largest absolute Gasteiger partial charge is 0.370 e. The molecule has 1 atom stereocenters. The van der Waals surface area contributed by atoms with Crippen LogP contribution in [0.15, 0.2) is 24.3 Å². The van der Waals surface area contributed by atoms with Crippen molar-refractivity contribution in [3.05, 3.63) is 29.8 Å². The van der Waals surface area contributed by atoms with E-state index < -0.39 is 0 Å². The van der Waals surface area contributed by atoms with E-state index in [-0.39, 0.29) is 0 Å². The van der Waals surface area contributed by atoms with E-state index in [1.54, 1.807) is 0 Å². The summed E-state index contributed by atoms with van der Waals surface area (Å²) in [5.41, 5.74) is 2.74. The number of nitriles is 1. The highest BCUT2D eigenvalue weighted by Gasteiger charge is 2.23. The van der Waals surface area contributed by atoms with Gasteiger partial charge in [-0.15, -0.1) is 0 Å². The van der Waals surface area contributed by atoms with Crippen molar-refractivity contribution in [2.24, 2.45) is 0 Å². The highest BCUT2D eigenvalue weighted by atomic mass is 15.1. The van der Waals surface area contributed by atoms with E-state index >= 15 is 0 Å². The zero-order valence-corrected chi connectivity index (χ0v) is 8.40. The standard InChI is InChI=1S/C12H14N2/c1-10-9-14(8-4-7-13)12-6-3-2-5-11(10)12/h2-3,5-6,10H,4,8-9H2,1H3. The summed E-state index contributed by atoms with van der Waals surface area (Å²) in [6.07, 6.45) is 0.612. The number of anilines is 1. The van der Waals surface area contributed by atoms with Crippen LogP contribution in [0.25, 0.3) is 0 Å². The van der Waals surface area contributed by atoms with Gasteiger partial charge in [-0.25, -0.2) is 0 Å². The van der Waals surface area contributed by atoms with Crippen molar-refractivity contribution in [1.82, 2.24) is 0 Å². The van der Waals surface area contributed by atoms with Gasteiger partial charge in [0.15, 0.2) is 0 Å². The Hall–Kier alpha value is -1.49. The first kappa shape index (κ1) is 9.08. The first-order valence-corrected chi connectivity index (χ1v) is 5.03. The lowest BCUT2D eigenvalue weighted by Crippen LogP contribution is -2.22. The number of nitrogens with zero attached hydrogens (tertiary/aromatic N) is 2. The van der Waals surface area contributed by atoms with Gasteiger partial charge in [-0.3, -0.25) is 0 Å². The molecule has 14 heavy (non-hydrogen) atoms. The van der Waals surface area contributed by atoms with Gasteiger partial charge in [0.1, 0.15) is 0 Å². The van der Waals surface area contributed by atoms with E-state index in [2.05, 4.69) is 42.2 Å². The molecule has 1 aliphatic heterocycles. The van der Waals surface area contributed by atoms with Crippen LogP contribution in [0, 0.1) is 11.3 Å². The summed E-state index contributed by atoms with van der Waals surface area (Å²) in [6, 6.07) is 10.7. The number of fused-ring (bicyclic) bond motifs is 1. The van der Waals surface area contributed by atoms with Crippen molar-refractivity contribution in [2.75, 3.05) is 18.0 Å². The van der Waals surface area contributed by atoms with E-state index in [0.29, 0.717) is 12.3 Å². The molecule has 72 valence electrons. The summed E-state index contributed by atoms with van der Waals surface area (Å²) in [4.78, 5) is 2.31. The summed E-state index contributed by atoms with van der Waals surface area (Å²) in [5, 5.41) is 8.56. The van der Waals surface area contributed by atoms with Gasteiger partial charge in [-0.1, -0.05) is 25.1 Å². The second kappa shape index (κ2) is 3.71. The minimum Gasteiger partial charge on any atom is -0.370 e. The van der Waals surface area contributed by atoms with Crippen molar-refractivity contribution in [2.45, 2.75) is 19.3 Å². The molecule has 0 amide bonds. The summed E-state index contributed by atoms with van der Waals surface area (Å²) < 4.78 is 0. The molecule has 0 spiro atoms. The summed E-state index contributed by atoms with van der Waals surface area (Å²) in [6.45, 7) is 4.16. The van der Waals surface area contributed by atoms with Crippen LogP contribution in [0.2, 0.25) is 0 Å². The van der Waals surface area contributed by atoms with Crippen LogP contribution in [0.5, 0.6) is 0 Å². The Balaban J connectivity index is 2.22. The number of benzene rings is 1. The molecule has 2 nitrogen and oxygen atoms in total. The maximum Gasteiger partial charge on any atom is 0.0640 e. The van der Waals surface area contributed by atoms with Crippen molar-refractivity contribution in [3.8, 4) is 6.07 Å². The molecule has 1 heterocycles. The summed E-state index contributed by atoms with van der Waals surface area (Å²) in [5.74, 6) is 0.602. The topological polar surface area (TPSA) is 27.0 Å². The molecule has 0 radical (unpaired) electrons. The van der Waals surface area contributed by atoms with Crippen LogP contribution < -0.4 is 4.90 Å². The molecule has 0 fully saturated rings. The van der Waals surface area contributed by atoms with Crippen molar-refractivity contribution >= 4 is 5.69 Å². The normalized spacial score (nSPS) is 19.1. The molecule has 0 aliphatic carbocycles. The minimum absolute atomic E-state index is 0.602. The molecule has 0 saturated carbocycles. The predicted molar refractivity (Wildman–Crippen MR) is 57.3 cm³/mol. The fourth-order valence-corrected chi connectivity index (χ4v) is 2.12. The molecule has 1 aromatic rings. The van der Waals surface area contributed by atoms with Gasteiger partial charge in [0.25, 0.3) is 0 Å². The Kier molecular flexibility index (Phi) is 2.41. The Morgan fingerprint density at radius 3 is 3.07 bits per heavy atom. The first-order chi connectivity index (χ1) is 6.83. The predicted octanol–water partition coefficient (Wildman–Crippen LogP) is 2.52. The fraction of sp³-hybridized carbons (Fsp3) is 0.417. The van der Waals surface area contributed by atoms with E-state index in [1.807, 2.05) is 0 Å². The average molecular weight is 186 g/mol. The van der Waals surface area contributed by atoms with Crippen LogP contribution in [-0.2, 0) is 0 Å². The molecule has 1 aromatic carbocycles. The smallest absolute Gasteiger partial charge is 0.0640 e. The van der Waals surface area contributed by atoms with E-state index in [4.69, 9.17) is 5.26 Å². The lowest BCUT2D eigenvalue weighted by molar-refractivity contribution is 0.747. The molecule has 0 bridgehead atoms. The number of hydrogen-bond donors (Lipinski definition) is 0. The molecular formula is C12H14N2. The van der Waals surface area contributed by atoms with Gasteiger partial charge in [0.05, 0.1) is 12.5 Å². The molecule has 0 saturated heterocycles. The maximum absolute atomic E-state index is 8.56. The van der Waals surface area contributed by atoms with Gasteiger partial charge in [0, 0.05) is 24.7 Å². The Morgan fingerprint density at radius 2 is 2.29 bits per heavy atom. The van der Waals surface area contributed by atoms with Gasteiger partial charge in [-0.2, -0.15) is 5.26 Å². The molecule has 1 aliphatic rings. The SMILES string of the molecule is CC1CN(CCC#N)c2ccccc21. The van der Waals surface area contributed by atoms with E-state index in [0.717, 1.165) is 13.1 Å². The summed E-state index contributed by atoms with van der Waals surface area (Å²) in [7, 11) is 0. The van der Waals surface area contributed by atoms with Crippen molar-refractivity contribution in [3.63, 3.8) is 0 Å². The van der Waals surface area contributed by atoms with E-state index in [1.165, 1.54) is 11.3 Å². The lowest BCUT2D eigenvalue weighted by atomic mass is 10.0. The quantitative estimate of drug-likeness (QED) is 0.709. The third-order valence-corrected chi connectivity index (χ3v) is 2.80. The fourth-order valence-electron chi connectivity index (χ4n) is 2.12. The molecule has 2 rings (SSSR count). The van der Waals surface area contributed by atoms with Gasteiger partial charge in [0.2, 0.25) is 0 Å². The third-order valence-electron chi connectivity index (χ3n) is 2.80. The lowest BCUT2D eigenvalue weighted by Gasteiger charge is -2.17. The Morgan fingerprint density at radius 1 is 1.50 bits per heavy atom. The zero-order valence-electron chi connectivity index (χ0n) is 8.40. The highest BCUT2D eigenvalue weighted by molar-refractivity contribution is 5.59. The van der Waals surface area contributed by atoms with Crippen LogP contribution in [0.3, 0.4) is 0 Å². The second-order valence-electron chi connectivity index (χ2n) is 3.81. The molecular weight excluding hydrogens is 172 g/mol. The molecule has 2 heteroatoms. The molecule has 1 unspecified atom stereocenters. The van der Waals surface area contributed by atoms with Crippen LogP contribution in [-0.4, -0.2) is 13.1 Å². The van der Waals surface area contributed by atoms with Crippen molar-refractivity contribution in [1.29, 1.82) is 5.26 Å². The first-order valence-electron chi connectivity index (χ1n) is 5.03. The number of para-hydroxylation sites is 1. The average Bonchev–Trinajstić information content (AvgIpc) is 2.54. The molecule has 0 N–H and O–H groups in total.